The molecule has 0 heterocycles. The van der Waals surface area contributed by atoms with Crippen LogP contribution in [0.25, 0.3) is 0 Å². The van der Waals surface area contributed by atoms with E-state index >= 15 is 0 Å². The molecule has 2 aromatic carbocycles. The molecule has 2 atom stereocenters. The molecular weight excluding hydrogens is 399 g/mol. The standard InChI is InChI=1S/C17H17Br2Cl/c1-3-11(2)12-4-6-13(7-5-12)17(20)15-10-14(18)8-9-16(15)19/h4-11,17H,3H2,1-2H3. The Hall–Kier alpha value is -0.310. The highest BCUT2D eigenvalue weighted by Crippen LogP contribution is 2.36. The molecule has 0 aromatic heterocycles. The van der Waals surface area contributed by atoms with Crippen molar-refractivity contribution in [2.45, 2.75) is 31.6 Å². The Labute approximate surface area is 142 Å². The Bertz CT molecular complexity index is 578. The van der Waals surface area contributed by atoms with E-state index < -0.39 is 0 Å². The summed E-state index contributed by atoms with van der Waals surface area (Å²) in [5.41, 5.74) is 3.57. The van der Waals surface area contributed by atoms with Crippen molar-refractivity contribution in [2.75, 3.05) is 0 Å². The van der Waals surface area contributed by atoms with Gasteiger partial charge in [-0.3, -0.25) is 0 Å². The highest BCUT2D eigenvalue weighted by molar-refractivity contribution is 9.11. The lowest BCUT2D eigenvalue weighted by molar-refractivity contribution is 0.733. The average Bonchev–Trinajstić information content (AvgIpc) is 2.48. The fraction of sp³-hybridized carbons (Fsp3) is 0.294. The first-order valence-corrected chi connectivity index (χ1v) is 8.74. The van der Waals surface area contributed by atoms with Gasteiger partial charge in [-0.2, -0.15) is 0 Å². The SMILES string of the molecule is CCC(C)c1ccc(C(Cl)c2cc(Br)ccc2Br)cc1. The molecule has 0 fully saturated rings. The number of alkyl halides is 1. The summed E-state index contributed by atoms with van der Waals surface area (Å²) in [4.78, 5) is 0. The number of benzene rings is 2. The highest BCUT2D eigenvalue weighted by Gasteiger charge is 2.15. The molecule has 3 heteroatoms. The highest BCUT2D eigenvalue weighted by atomic mass is 79.9. The van der Waals surface area contributed by atoms with Gasteiger partial charge in [-0.1, -0.05) is 70.0 Å². The fourth-order valence-electron chi connectivity index (χ4n) is 2.12. The molecule has 0 radical (unpaired) electrons. The summed E-state index contributed by atoms with van der Waals surface area (Å²) in [5, 5.41) is -0.146. The first-order valence-electron chi connectivity index (χ1n) is 6.71. The van der Waals surface area contributed by atoms with Crippen molar-refractivity contribution in [2.24, 2.45) is 0 Å². The van der Waals surface area contributed by atoms with Gasteiger partial charge in [-0.05, 0) is 47.2 Å². The van der Waals surface area contributed by atoms with Crippen LogP contribution in [0.5, 0.6) is 0 Å². The topological polar surface area (TPSA) is 0 Å². The van der Waals surface area contributed by atoms with E-state index in [2.05, 4.69) is 76.0 Å². The van der Waals surface area contributed by atoms with Crippen LogP contribution in [0, 0.1) is 0 Å². The van der Waals surface area contributed by atoms with Gasteiger partial charge in [0.2, 0.25) is 0 Å². The zero-order valence-electron chi connectivity index (χ0n) is 11.5. The van der Waals surface area contributed by atoms with E-state index in [-0.39, 0.29) is 5.38 Å². The maximum absolute atomic E-state index is 6.62. The third-order valence-electron chi connectivity index (χ3n) is 3.64. The quantitative estimate of drug-likeness (QED) is 0.468. The van der Waals surface area contributed by atoms with E-state index in [1.807, 2.05) is 12.1 Å². The summed E-state index contributed by atoms with van der Waals surface area (Å²) in [5.74, 6) is 0.593. The third-order valence-corrected chi connectivity index (χ3v) is 5.34. The summed E-state index contributed by atoms with van der Waals surface area (Å²) >= 11 is 13.7. The van der Waals surface area contributed by atoms with Crippen molar-refractivity contribution in [3.63, 3.8) is 0 Å². The molecule has 0 spiro atoms. The number of hydrogen-bond acceptors (Lipinski definition) is 0. The summed E-state index contributed by atoms with van der Waals surface area (Å²) in [7, 11) is 0. The number of rotatable bonds is 4. The Morgan fingerprint density at radius 2 is 1.60 bits per heavy atom. The van der Waals surface area contributed by atoms with Gasteiger partial charge < -0.3 is 0 Å². The van der Waals surface area contributed by atoms with E-state index in [1.54, 1.807) is 0 Å². The smallest absolute Gasteiger partial charge is 0.0846 e. The molecule has 0 amide bonds. The molecule has 0 aliphatic rings. The van der Waals surface area contributed by atoms with Crippen LogP contribution in [0.1, 0.15) is 48.3 Å². The lowest BCUT2D eigenvalue weighted by Crippen LogP contribution is -1.97. The molecule has 106 valence electrons. The third kappa shape index (κ3) is 3.66. The first kappa shape index (κ1) is 16.1. The molecule has 2 rings (SSSR count). The molecule has 2 unspecified atom stereocenters. The van der Waals surface area contributed by atoms with Crippen LogP contribution in [0.2, 0.25) is 0 Å². The molecule has 0 bridgehead atoms. The van der Waals surface area contributed by atoms with E-state index in [4.69, 9.17) is 11.6 Å². The van der Waals surface area contributed by atoms with Crippen LogP contribution in [-0.4, -0.2) is 0 Å². The Balaban J connectivity index is 2.29. The minimum atomic E-state index is -0.146. The van der Waals surface area contributed by atoms with Crippen molar-refractivity contribution in [1.82, 2.24) is 0 Å². The molecule has 0 aliphatic carbocycles. The predicted octanol–water partition coefficient (Wildman–Crippen LogP) is 7.05. The van der Waals surface area contributed by atoms with Crippen molar-refractivity contribution in [3.05, 3.63) is 68.1 Å². The predicted molar refractivity (Wildman–Crippen MR) is 94.7 cm³/mol. The van der Waals surface area contributed by atoms with Crippen LogP contribution in [-0.2, 0) is 0 Å². The lowest BCUT2D eigenvalue weighted by atomic mass is 9.96. The van der Waals surface area contributed by atoms with Gasteiger partial charge >= 0.3 is 0 Å². The summed E-state index contributed by atoms with van der Waals surface area (Å²) in [6.45, 7) is 4.46. The maximum Gasteiger partial charge on any atom is 0.0846 e. The first-order chi connectivity index (χ1) is 9.52. The van der Waals surface area contributed by atoms with Crippen molar-refractivity contribution in [3.8, 4) is 0 Å². The normalized spacial score (nSPS) is 14.1. The van der Waals surface area contributed by atoms with Gasteiger partial charge in [0.15, 0.2) is 0 Å². The van der Waals surface area contributed by atoms with Crippen LogP contribution in [0.4, 0.5) is 0 Å². The van der Waals surface area contributed by atoms with Crippen molar-refractivity contribution < 1.29 is 0 Å². The average molecular weight is 417 g/mol. The zero-order chi connectivity index (χ0) is 14.7. The zero-order valence-corrected chi connectivity index (χ0v) is 15.5. The van der Waals surface area contributed by atoms with Gasteiger partial charge in [0.1, 0.15) is 0 Å². The van der Waals surface area contributed by atoms with E-state index in [1.165, 1.54) is 5.56 Å². The Morgan fingerprint density at radius 1 is 1.00 bits per heavy atom. The maximum atomic E-state index is 6.62. The van der Waals surface area contributed by atoms with E-state index in [9.17, 15) is 0 Å². The molecule has 20 heavy (non-hydrogen) atoms. The van der Waals surface area contributed by atoms with Crippen LogP contribution in [0.15, 0.2) is 51.4 Å². The lowest BCUT2D eigenvalue weighted by Gasteiger charge is -2.15. The fourth-order valence-corrected chi connectivity index (χ4v) is 3.43. The molecule has 0 aliphatic heterocycles. The minimum absolute atomic E-state index is 0.146. The second-order valence-corrected chi connectivity index (χ2v) is 7.21. The van der Waals surface area contributed by atoms with E-state index in [0.717, 1.165) is 26.5 Å². The second-order valence-electron chi connectivity index (χ2n) is 5.00. The Morgan fingerprint density at radius 3 is 2.20 bits per heavy atom. The van der Waals surface area contributed by atoms with Gasteiger partial charge in [0.25, 0.3) is 0 Å². The van der Waals surface area contributed by atoms with E-state index in [0.29, 0.717) is 5.92 Å². The van der Waals surface area contributed by atoms with Crippen molar-refractivity contribution in [1.29, 1.82) is 0 Å². The minimum Gasteiger partial charge on any atom is -0.113 e. The number of hydrogen-bond donors (Lipinski definition) is 0. The largest absolute Gasteiger partial charge is 0.113 e. The molecule has 0 nitrogen and oxygen atoms in total. The van der Waals surface area contributed by atoms with Crippen LogP contribution in [0.3, 0.4) is 0 Å². The van der Waals surface area contributed by atoms with Gasteiger partial charge in [-0.25, -0.2) is 0 Å². The van der Waals surface area contributed by atoms with Gasteiger partial charge in [0, 0.05) is 8.95 Å². The molecule has 2 aromatic rings. The summed E-state index contributed by atoms with van der Waals surface area (Å²) < 4.78 is 2.07. The molecule has 0 N–H and O–H groups in total. The van der Waals surface area contributed by atoms with Gasteiger partial charge in [-0.15, -0.1) is 11.6 Å². The molecular formula is C17H17Br2Cl. The monoisotopic (exact) mass is 414 g/mol. The van der Waals surface area contributed by atoms with Gasteiger partial charge in [0.05, 0.1) is 5.38 Å². The molecule has 0 saturated heterocycles. The summed E-state index contributed by atoms with van der Waals surface area (Å²) in [6, 6.07) is 14.7. The van der Waals surface area contributed by atoms with Crippen molar-refractivity contribution >= 4 is 43.5 Å². The Kier molecular flexibility index (Phi) is 5.71. The van der Waals surface area contributed by atoms with Crippen LogP contribution < -0.4 is 0 Å². The second kappa shape index (κ2) is 7.11. The number of halogens is 3. The molecule has 0 saturated carbocycles. The van der Waals surface area contributed by atoms with Crippen LogP contribution >= 0.6 is 43.5 Å². The summed E-state index contributed by atoms with van der Waals surface area (Å²) in [6.07, 6.45) is 1.15.